The molecular formula is C21H20N2O2. The summed E-state index contributed by atoms with van der Waals surface area (Å²) in [5, 5.41) is 1.12. The summed E-state index contributed by atoms with van der Waals surface area (Å²) in [6, 6.07) is 16.1. The molecule has 0 bridgehead atoms. The summed E-state index contributed by atoms with van der Waals surface area (Å²) in [6.07, 6.45) is 6.27. The van der Waals surface area contributed by atoms with Crippen LogP contribution in [-0.4, -0.2) is 22.6 Å². The van der Waals surface area contributed by atoms with Crippen LogP contribution in [0, 0.1) is 0 Å². The molecule has 0 saturated heterocycles. The summed E-state index contributed by atoms with van der Waals surface area (Å²) in [7, 11) is 0. The fourth-order valence-electron chi connectivity index (χ4n) is 3.38. The van der Waals surface area contributed by atoms with Gasteiger partial charge in [-0.05, 0) is 29.7 Å². The highest BCUT2D eigenvalue weighted by Crippen LogP contribution is 2.38. The van der Waals surface area contributed by atoms with Crippen LogP contribution in [0.25, 0.3) is 17.0 Å². The standard InChI is InChI=1S/C21H20N2O2/c1-2-13-25-21(24)23-12-11-15-7-3-4-8-16(15)20(23)18-14-22-19-10-6-5-9-17(18)19/h3-12,14,20,22H,2,13H2,1H3. The molecule has 126 valence electrons. The lowest BCUT2D eigenvalue weighted by atomic mass is 9.91. The molecular weight excluding hydrogens is 312 g/mol. The first kappa shape index (κ1) is 15.5. The van der Waals surface area contributed by atoms with Gasteiger partial charge in [-0.15, -0.1) is 0 Å². The van der Waals surface area contributed by atoms with Crippen molar-refractivity contribution in [3.8, 4) is 0 Å². The molecule has 1 aromatic heterocycles. The summed E-state index contributed by atoms with van der Waals surface area (Å²) >= 11 is 0. The molecule has 0 spiro atoms. The first-order valence-electron chi connectivity index (χ1n) is 8.58. The second-order valence-electron chi connectivity index (χ2n) is 6.16. The van der Waals surface area contributed by atoms with Crippen molar-refractivity contribution in [2.45, 2.75) is 19.4 Å². The third kappa shape index (κ3) is 2.70. The number of ether oxygens (including phenoxy) is 1. The second-order valence-corrected chi connectivity index (χ2v) is 6.16. The van der Waals surface area contributed by atoms with Gasteiger partial charge < -0.3 is 9.72 Å². The van der Waals surface area contributed by atoms with E-state index in [9.17, 15) is 4.79 Å². The number of hydrogen-bond acceptors (Lipinski definition) is 2. The van der Waals surface area contributed by atoms with Crippen molar-refractivity contribution >= 4 is 23.1 Å². The highest BCUT2D eigenvalue weighted by atomic mass is 16.6. The van der Waals surface area contributed by atoms with Gasteiger partial charge in [0, 0.05) is 28.9 Å². The van der Waals surface area contributed by atoms with E-state index in [1.165, 1.54) is 0 Å². The molecule has 1 N–H and O–H groups in total. The number of amides is 1. The fourth-order valence-corrected chi connectivity index (χ4v) is 3.38. The maximum Gasteiger partial charge on any atom is 0.414 e. The van der Waals surface area contributed by atoms with Crippen LogP contribution in [0.1, 0.15) is 36.1 Å². The van der Waals surface area contributed by atoms with Crippen LogP contribution in [0.2, 0.25) is 0 Å². The third-order valence-electron chi connectivity index (χ3n) is 4.54. The third-order valence-corrected chi connectivity index (χ3v) is 4.54. The highest BCUT2D eigenvalue weighted by Gasteiger charge is 2.31. The molecule has 0 aliphatic carbocycles. The van der Waals surface area contributed by atoms with Gasteiger partial charge in [0.1, 0.15) is 0 Å². The molecule has 1 aliphatic heterocycles. The zero-order chi connectivity index (χ0) is 17.2. The SMILES string of the molecule is CCCOC(=O)N1C=Cc2ccccc2C1c1c[nH]c2ccccc12. The predicted molar refractivity (Wildman–Crippen MR) is 99.1 cm³/mol. The zero-order valence-corrected chi connectivity index (χ0v) is 14.1. The number of carbonyl (C=O) groups is 1. The Hall–Kier alpha value is -3.01. The summed E-state index contributed by atoms with van der Waals surface area (Å²) < 4.78 is 5.41. The molecule has 0 saturated carbocycles. The number of nitrogens with one attached hydrogen (secondary N) is 1. The maximum atomic E-state index is 12.7. The van der Waals surface area contributed by atoms with Crippen LogP contribution in [0.5, 0.6) is 0 Å². The van der Waals surface area contributed by atoms with Crippen LogP contribution < -0.4 is 0 Å². The topological polar surface area (TPSA) is 45.3 Å². The van der Waals surface area contributed by atoms with Gasteiger partial charge in [0.2, 0.25) is 0 Å². The number of benzene rings is 2. The molecule has 4 rings (SSSR count). The molecule has 0 fully saturated rings. The molecule has 1 atom stereocenters. The number of hydrogen-bond donors (Lipinski definition) is 1. The Bertz CT molecular complexity index is 942. The van der Waals surface area contributed by atoms with E-state index in [-0.39, 0.29) is 12.1 Å². The Morgan fingerprint density at radius 1 is 1.12 bits per heavy atom. The van der Waals surface area contributed by atoms with Crippen molar-refractivity contribution in [1.82, 2.24) is 9.88 Å². The lowest BCUT2D eigenvalue weighted by molar-refractivity contribution is 0.109. The molecule has 4 nitrogen and oxygen atoms in total. The number of aromatic nitrogens is 1. The number of fused-ring (bicyclic) bond motifs is 2. The molecule has 2 heterocycles. The Balaban J connectivity index is 1.84. The van der Waals surface area contributed by atoms with E-state index < -0.39 is 0 Å². The minimum atomic E-state index is -0.317. The normalized spacial score (nSPS) is 16.0. The fraction of sp³-hybridized carbons (Fsp3) is 0.190. The van der Waals surface area contributed by atoms with Gasteiger partial charge in [-0.1, -0.05) is 49.4 Å². The molecule has 1 amide bonds. The summed E-state index contributed by atoms with van der Waals surface area (Å²) in [5.41, 5.74) is 4.35. The van der Waals surface area contributed by atoms with E-state index in [1.54, 1.807) is 4.90 Å². The van der Waals surface area contributed by atoms with E-state index in [4.69, 9.17) is 4.74 Å². The van der Waals surface area contributed by atoms with Gasteiger partial charge in [0.05, 0.1) is 12.6 Å². The van der Waals surface area contributed by atoms with Crippen LogP contribution >= 0.6 is 0 Å². The molecule has 4 heteroatoms. The van der Waals surface area contributed by atoms with E-state index in [1.807, 2.05) is 55.7 Å². The minimum absolute atomic E-state index is 0.207. The van der Waals surface area contributed by atoms with Gasteiger partial charge in [-0.25, -0.2) is 4.79 Å². The Kier molecular flexibility index (Phi) is 4.02. The van der Waals surface area contributed by atoms with Gasteiger partial charge in [-0.3, -0.25) is 4.90 Å². The molecule has 3 aromatic rings. The second kappa shape index (κ2) is 6.48. The van der Waals surface area contributed by atoms with Crippen molar-refractivity contribution in [1.29, 1.82) is 0 Å². The number of rotatable bonds is 3. The zero-order valence-electron chi connectivity index (χ0n) is 14.1. The molecule has 2 aromatic carbocycles. The van der Waals surface area contributed by atoms with Gasteiger partial charge in [-0.2, -0.15) is 0 Å². The monoisotopic (exact) mass is 332 g/mol. The average molecular weight is 332 g/mol. The first-order chi connectivity index (χ1) is 12.3. The number of nitrogens with zero attached hydrogens (tertiary/aromatic N) is 1. The number of carbonyl (C=O) groups excluding carboxylic acids is 1. The van der Waals surface area contributed by atoms with Crippen molar-refractivity contribution in [3.05, 3.63) is 77.6 Å². The summed E-state index contributed by atoms with van der Waals surface area (Å²) in [6.45, 7) is 2.41. The van der Waals surface area contributed by atoms with Crippen LogP contribution in [0.4, 0.5) is 4.79 Å². The number of aromatic amines is 1. The smallest absolute Gasteiger partial charge is 0.414 e. The Morgan fingerprint density at radius 2 is 1.92 bits per heavy atom. The quantitative estimate of drug-likeness (QED) is 0.726. The minimum Gasteiger partial charge on any atom is -0.449 e. The lowest BCUT2D eigenvalue weighted by Gasteiger charge is -2.32. The number of H-pyrrole nitrogens is 1. The van der Waals surface area contributed by atoms with E-state index in [0.29, 0.717) is 6.61 Å². The van der Waals surface area contributed by atoms with E-state index >= 15 is 0 Å². The first-order valence-corrected chi connectivity index (χ1v) is 8.58. The van der Waals surface area contributed by atoms with Gasteiger partial charge >= 0.3 is 6.09 Å². The van der Waals surface area contributed by atoms with Crippen LogP contribution in [0.15, 0.2) is 60.9 Å². The van der Waals surface area contributed by atoms with Crippen LogP contribution in [-0.2, 0) is 4.74 Å². The summed E-state index contributed by atoms with van der Waals surface area (Å²) in [4.78, 5) is 17.7. The van der Waals surface area contributed by atoms with Crippen molar-refractivity contribution in [2.24, 2.45) is 0 Å². The van der Waals surface area contributed by atoms with Gasteiger partial charge in [0.25, 0.3) is 0 Å². The number of para-hydroxylation sites is 1. The van der Waals surface area contributed by atoms with Gasteiger partial charge in [0.15, 0.2) is 0 Å². The summed E-state index contributed by atoms with van der Waals surface area (Å²) in [5.74, 6) is 0. The van der Waals surface area contributed by atoms with Crippen molar-refractivity contribution in [2.75, 3.05) is 6.61 Å². The molecule has 0 radical (unpaired) electrons. The lowest BCUT2D eigenvalue weighted by Crippen LogP contribution is -2.33. The Morgan fingerprint density at radius 3 is 2.80 bits per heavy atom. The Labute approximate surface area is 146 Å². The molecule has 25 heavy (non-hydrogen) atoms. The van der Waals surface area contributed by atoms with Crippen molar-refractivity contribution < 1.29 is 9.53 Å². The van der Waals surface area contributed by atoms with E-state index in [0.717, 1.165) is 34.0 Å². The molecule has 1 aliphatic rings. The van der Waals surface area contributed by atoms with Crippen LogP contribution in [0.3, 0.4) is 0 Å². The maximum absolute atomic E-state index is 12.7. The predicted octanol–water partition coefficient (Wildman–Crippen LogP) is 5.09. The van der Waals surface area contributed by atoms with Crippen molar-refractivity contribution in [3.63, 3.8) is 0 Å². The molecule has 1 unspecified atom stereocenters. The highest BCUT2D eigenvalue weighted by molar-refractivity contribution is 5.86. The van der Waals surface area contributed by atoms with E-state index in [2.05, 4.69) is 23.2 Å². The largest absolute Gasteiger partial charge is 0.449 e. The average Bonchev–Trinajstić information content (AvgIpc) is 3.09.